The highest BCUT2D eigenvalue weighted by atomic mass is 79.9. The number of rotatable bonds is 8. The third-order valence-corrected chi connectivity index (χ3v) is 3.04. The molecular weight excluding hydrogens is 312 g/mol. The van der Waals surface area contributed by atoms with Gasteiger partial charge in [-0.15, -0.1) is 0 Å². The summed E-state index contributed by atoms with van der Waals surface area (Å²) in [4.78, 5) is 11.4. The Morgan fingerprint density at radius 2 is 2.21 bits per heavy atom. The van der Waals surface area contributed by atoms with Crippen LogP contribution in [-0.2, 0) is 9.53 Å². The van der Waals surface area contributed by atoms with E-state index >= 15 is 0 Å². The summed E-state index contributed by atoms with van der Waals surface area (Å²) in [5.74, 6) is 0.00867. The Kier molecular flexibility index (Phi) is 7.52. The average Bonchev–Trinajstić information content (AvgIpc) is 2.43. The number of carbonyl (C=O) groups is 1. The second-order valence-electron chi connectivity index (χ2n) is 3.97. The van der Waals surface area contributed by atoms with Crippen molar-refractivity contribution in [1.82, 2.24) is 0 Å². The minimum Gasteiger partial charge on any atom is -0.494 e. The van der Waals surface area contributed by atoms with E-state index in [9.17, 15) is 9.90 Å². The molecule has 0 spiro atoms. The molecule has 0 aliphatic rings. The highest BCUT2D eigenvalue weighted by Crippen LogP contribution is 2.20. The van der Waals surface area contributed by atoms with Crippen molar-refractivity contribution in [2.75, 3.05) is 18.5 Å². The third-order valence-electron chi connectivity index (χ3n) is 2.48. The first kappa shape index (κ1) is 16.0. The quantitative estimate of drug-likeness (QED) is 0.452. The molecule has 0 aromatic heterocycles. The molecule has 0 bridgehead atoms. The summed E-state index contributed by atoms with van der Waals surface area (Å²) in [5.41, 5.74) is 0.483. The van der Waals surface area contributed by atoms with Crippen LogP contribution in [0.3, 0.4) is 0 Å². The largest absolute Gasteiger partial charge is 0.494 e. The van der Waals surface area contributed by atoms with Gasteiger partial charge in [-0.25, -0.2) is 4.79 Å². The van der Waals surface area contributed by atoms with Gasteiger partial charge in [0.1, 0.15) is 5.75 Å². The topological polar surface area (TPSA) is 55.8 Å². The van der Waals surface area contributed by atoms with E-state index in [4.69, 9.17) is 9.47 Å². The number of halogens is 1. The highest BCUT2D eigenvalue weighted by Gasteiger charge is 2.18. The van der Waals surface area contributed by atoms with Crippen LogP contribution < -0.4 is 4.74 Å². The van der Waals surface area contributed by atoms with Crippen LogP contribution in [0.25, 0.3) is 0 Å². The standard InChI is InChI=1S/C14H19BrO4/c1-2-18-14(17)13(16)11-6-5-7-12(10-11)19-9-4-3-8-15/h5-7,10,13,16H,2-4,8-9H2,1H3. The summed E-state index contributed by atoms with van der Waals surface area (Å²) in [6, 6.07) is 6.88. The van der Waals surface area contributed by atoms with Crippen LogP contribution in [0.2, 0.25) is 0 Å². The fourth-order valence-corrected chi connectivity index (χ4v) is 1.91. The lowest BCUT2D eigenvalue weighted by Gasteiger charge is -2.12. The first-order valence-electron chi connectivity index (χ1n) is 6.32. The molecule has 0 heterocycles. The Hall–Kier alpha value is -1.07. The minimum absolute atomic E-state index is 0.249. The smallest absolute Gasteiger partial charge is 0.339 e. The van der Waals surface area contributed by atoms with Gasteiger partial charge in [-0.05, 0) is 37.5 Å². The summed E-state index contributed by atoms with van der Waals surface area (Å²) < 4.78 is 10.3. The molecule has 4 nitrogen and oxygen atoms in total. The zero-order chi connectivity index (χ0) is 14.1. The summed E-state index contributed by atoms with van der Waals surface area (Å²) in [7, 11) is 0. The van der Waals surface area contributed by atoms with E-state index in [1.807, 2.05) is 0 Å². The molecular formula is C14H19BrO4. The lowest BCUT2D eigenvalue weighted by molar-refractivity contribution is -0.153. The molecule has 0 amide bonds. The number of aliphatic hydroxyl groups excluding tert-OH is 1. The second-order valence-corrected chi connectivity index (χ2v) is 4.76. The molecule has 0 saturated heterocycles. The van der Waals surface area contributed by atoms with Crippen molar-refractivity contribution in [2.45, 2.75) is 25.9 Å². The van der Waals surface area contributed by atoms with E-state index < -0.39 is 12.1 Å². The molecule has 0 saturated carbocycles. The molecule has 0 fully saturated rings. The predicted molar refractivity (Wildman–Crippen MR) is 76.6 cm³/mol. The van der Waals surface area contributed by atoms with E-state index in [0.717, 1.165) is 18.2 Å². The van der Waals surface area contributed by atoms with E-state index in [-0.39, 0.29) is 6.61 Å². The molecule has 106 valence electrons. The highest BCUT2D eigenvalue weighted by molar-refractivity contribution is 9.09. The molecule has 1 aromatic carbocycles. The number of aliphatic hydroxyl groups is 1. The van der Waals surface area contributed by atoms with Crippen molar-refractivity contribution in [2.24, 2.45) is 0 Å². The Balaban J connectivity index is 2.58. The SMILES string of the molecule is CCOC(=O)C(O)c1cccc(OCCCCBr)c1. The Morgan fingerprint density at radius 3 is 2.89 bits per heavy atom. The molecule has 5 heteroatoms. The van der Waals surface area contributed by atoms with Gasteiger partial charge < -0.3 is 14.6 Å². The Labute approximate surface area is 121 Å². The number of hydrogen-bond acceptors (Lipinski definition) is 4. The molecule has 0 radical (unpaired) electrons. The maximum Gasteiger partial charge on any atom is 0.339 e. The zero-order valence-corrected chi connectivity index (χ0v) is 12.6. The molecule has 1 N–H and O–H groups in total. The molecule has 0 aliphatic heterocycles. The van der Waals surface area contributed by atoms with Gasteiger partial charge in [0.15, 0.2) is 6.10 Å². The molecule has 1 atom stereocenters. The van der Waals surface area contributed by atoms with Crippen LogP contribution >= 0.6 is 15.9 Å². The van der Waals surface area contributed by atoms with Gasteiger partial charge in [0.25, 0.3) is 0 Å². The number of carbonyl (C=O) groups excluding carboxylic acids is 1. The normalized spacial score (nSPS) is 11.9. The number of alkyl halides is 1. The van der Waals surface area contributed by atoms with Crippen LogP contribution in [0.15, 0.2) is 24.3 Å². The molecule has 19 heavy (non-hydrogen) atoms. The number of benzene rings is 1. The third kappa shape index (κ3) is 5.61. The number of hydrogen-bond donors (Lipinski definition) is 1. The van der Waals surface area contributed by atoms with Crippen molar-refractivity contribution in [3.63, 3.8) is 0 Å². The maximum absolute atomic E-state index is 11.4. The van der Waals surface area contributed by atoms with Crippen LogP contribution in [0.5, 0.6) is 5.75 Å². The summed E-state index contributed by atoms with van der Waals surface area (Å²) in [6.45, 7) is 2.57. The molecule has 0 aliphatic carbocycles. The predicted octanol–water partition coefficient (Wildman–Crippen LogP) is 2.84. The average molecular weight is 331 g/mol. The van der Waals surface area contributed by atoms with E-state index in [0.29, 0.717) is 17.9 Å². The minimum atomic E-state index is -1.26. The van der Waals surface area contributed by atoms with Gasteiger partial charge in [0.2, 0.25) is 0 Å². The Morgan fingerprint density at radius 1 is 1.42 bits per heavy atom. The molecule has 1 rings (SSSR count). The van der Waals surface area contributed by atoms with Crippen LogP contribution in [0.4, 0.5) is 0 Å². The van der Waals surface area contributed by atoms with Gasteiger partial charge in [-0.2, -0.15) is 0 Å². The first-order chi connectivity index (χ1) is 9.19. The lowest BCUT2D eigenvalue weighted by atomic mass is 10.1. The van der Waals surface area contributed by atoms with Gasteiger partial charge in [-0.3, -0.25) is 0 Å². The Bertz CT molecular complexity index is 395. The fourth-order valence-electron chi connectivity index (χ4n) is 1.52. The van der Waals surface area contributed by atoms with Gasteiger partial charge >= 0.3 is 5.97 Å². The van der Waals surface area contributed by atoms with Gasteiger partial charge in [0.05, 0.1) is 13.2 Å². The number of ether oxygens (including phenoxy) is 2. The lowest BCUT2D eigenvalue weighted by Crippen LogP contribution is -2.15. The van der Waals surface area contributed by atoms with E-state index in [1.165, 1.54) is 0 Å². The monoisotopic (exact) mass is 330 g/mol. The fraction of sp³-hybridized carbons (Fsp3) is 0.500. The van der Waals surface area contributed by atoms with E-state index in [2.05, 4.69) is 15.9 Å². The van der Waals surface area contributed by atoms with Crippen molar-refractivity contribution in [1.29, 1.82) is 0 Å². The van der Waals surface area contributed by atoms with E-state index in [1.54, 1.807) is 31.2 Å². The first-order valence-corrected chi connectivity index (χ1v) is 7.44. The molecule has 1 unspecified atom stereocenters. The van der Waals surface area contributed by atoms with Crippen LogP contribution in [0, 0.1) is 0 Å². The summed E-state index contributed by atoms with van der Waals surface area (Å²) in [6.07, 6.45) is 0.743. The number of esters is 1. The van der Waals surface area contributed by atoms with Gasteiger partial charge in [0, 0.05) is 5.33 Å². The van der Waals surface area contributed by atoms with Crippen molar-refractivity contribution < 1.29 is 19.4 Å². The second kappa shape index (κ2) is 8.93. The molecule has 1 aromatic rings. The van der Waals surface area contributed by atoms with Crippen LogP contribution in [0.1, 0.15) is 31.4 Å². The summed E-state index contributed by atoms with van der Waals surface area (Å²) in [5, 5.41) is 10.8. The zero-order valence-electron chi connectivity index (χ0n) is 11.0. The maximum atomic E-state index is 11.4. The van der Waals surface area contributed by atoms with Crippen molar-refractivity contribution in [3.05, 3.63) is 29.8 Å². The summed E-state index contributed by atoms with van der Waals surface area (Å²) >= 11 is 3.36. The van der Waals surface area contributed by atoms with Crippen molar-refractivity contribution in [3.8, 4) is 5.75 Å². The number of unbranched alkanes of at least 4 members (excludes halogenated alkanes) is 1. The van der Waals surface area contributed by atoms with Crippen molar-refractivity contribution >= 4 is 21.9 Å². The van der Waals surface area contributed by atoms with Gasteiger partial charge in [-0.1, -0.05) is 28.1 Å². The van der Waals surface area contributed by atoms with Crippen LogP contribution in [-0.4, -0.2) is 29.6 Å².